The van der Waals surface area contributed by atoms with Gasteiger partial charge in [-0.25, -0.2) is 0 Å². The van der Waals surface area contributed by atoms with E-state index in [1.54, 1.807) is 0 Å². The molecule has 2 nitrogen and oxygen atoms in total. The molecule has 0 radical (unpaired) electrons. The molecule has 1 N–H and O–H groups in total. The molecule has 0 atom stereocenters. The molecule has 0 saturated carbocycles. The molecule has 1 aromatic heterocycles. The monoisotopic (exact) mass is 332 g/mol. The van der Waals surface area contributed by atoms with Gasteiger partial charge >= 0.3 is 0 Å². The van der Waals surface area contributed by atoms with Crippen LogP contribution in [0.5, 0.6) is 0 Å². The predicted octanol–water partition coefficient (Wildman–Crippen LogP) is 3.34. The summed E-state index contributed by atoms with van der Waals surface area (Å²) < 4.78 is 1.25. The Kier molecular flexibility index (Phi) is 3.64. The van der Waals surface area contributed by atoms with Gasteiger partial charge in [0.25, 0.3) is 0 Å². The van der Waals surface area contributed by atoms with E-state index in [9.17, 15) is 0 Å². The van der Waals surface area contributed by atoms with E-state index in [0.717, 1.165) is 17.8 Å². The topological polar surface area (TPSA) is 28.7 Å². The molecule has 1 heterocycles. The Balaban J connectivity index is 2.14. The second kappa shape index (κ2) is 4.99. The highest BCUT2D eigenvalue weighted by Crippen LogP contribution is 2.12. The Hall–Kier alpha value is -0.550. The van der Waals surface area contributed by atoms with Gasteiger partial charge in [-0.2, -0.15) is 5.10 Å². The van der Waals surface area contributed by atoms with Crippen LogP contribution in [0.1, 0.15) is 17.0 Å². The summed E-state index contributed by atoms with van der Waals surface area (Å²) in [6, 6.07) is 10.4. The molecule has 0 unspecified atom stereocenters. The molecule has 0 aliphatic rings. The number of aromatic amines is 1. The molecule has 4 heteroatoms. The predicted molar refractivity (Wildman–Crippen MR) is 70.1 cm³/mol. The van der Waals surface area contributed by atoms with Gasteiger partial charge in [0.15, 0.2) is 0 Å². The highest BCUT2D eigenvalue weighted by molar-refractivity contribution is 14.1. The van der Waals surface area contributed by atoms with Crippen LogP contribution in [0.3, 0.4) is 0 Å². The largest absolute Gasteiger partial charge is 0.282 e. The van der Waals surface area contributed by atoms with E-state index in [2.05, 4.69) is 57.1 Å². The van der Waals surface area contributed by atoms with Gasteiger partial charge in [0, 0.05) is 15.7 Å². The lowest BCUT2D eigenvalue weighted by Gasteiger charge is -1.98. The molecule has 2 rings (SSSR count). The van der Waals surface area contributed by atoms with Crippen molar-refractivity contribution in [3.8, 4) is 0 Å². The Morgan fingerprint density at radius 3 is 2.87 bits per heavy atom. The second-order valence-electron chi connectivity index (χ2n) is 3.32. The fourth-order valence-corrected chi connectivity index (χ4v) is 2.18. The number of rotatable bonds is 3. The SMILES string of the molecule is ClCc1cc(Cc2cccc(I)c2)[nH]n1. The van der Waals surface area contributed by atoms with Gasteiger partial charge in [-0.1, -0.05) is 12.1 Å². The molecule has 0 aliphatic carbocycles. The summed E-state index contributed by atoms with van der Waals surface area (Å²) in [5.41, 5.74) is 3.29. The van der Waals surface area contributed by atoms with E-state index < -0.39 is 0 Å². The van der Waals surface area contributed by atoms with Gasteiger partial charge in [-0.05, 0) is 46.4 Å². The van der Waals surface area contributed by atoms with Gasteiger partial charge in [-0.15, -0.1) is 11.6 Å². The van der Waals surface area contributed by atoms with Gasteiger partial charge in [0.2, 0.25) is 0 Å². The molecule has 1 aromatic carbocycles. The number of hydrogen-bond acceptors (Lipinski definition) is 1. The maximum Gasteiger partial charge on any atom is 0.0772 e. The van der Waals surface area contributed by atoms with Crippen LogP contribution in [-0.4, -0.2) is 10.2 Å². The number of benzene rings is 1. The Morgan fingerprint density at radius 1 is 1.33 bits per heavy atom. The fourth-order valence-electron chi connectivity index (χ4n) is 1.44. The average molecular weight is 333 g/mol. The van der Waals surface area contributed by atoms with Crippen LogP contribution < -0.4 is 0 Å². The molecule has 0 saturated heterocycles. The van der Waals surface area contributed by atoms with Crippen LogP contribution in [-0.2, 0) is 12.3 Å². The third-order valence-electron chi connectivity index (χ3n) is 2.10. The molecule has 15 heavy (non-hydrogen) atoms. The summed E-state index contributed by atoms with van der Waals surface area (Å²) in [4.78, 5) is 0. The number of hydrogen-bond donors (Lipinski definition) is 1. The van der Waals surface area contributed by atoms with Gasteiger partial charge < -0.3 is 0 Å². The minimum absolute atomic E-state index is 0.461. The Labute approximate surface area is 107 Å². The van der Waals surface area contributed by atoms with Crippen molar-refractivity contribution in [1.29, 1.82) is 0 Å². The highest BCUT2D eigenvalue weighted by Gasteiger charge is 2.01. The van der Waals surface area contributed by atoms with Crippen LogP contribution in [0.15, 0.2) is 30.3 Å². The van der Waals surface area contributed by atoms with Crippen molar-refractivity contribution in [2.24, 2.45) is 0 Å². The van der Waals surface area contributed by atoms with Crippen molar-refractivity contribution in [3.63, 3.8) is 0 Å². The third kappa shape index (κ3) is 2.95. The first-order valence-electron chi connectivity index (χ1n) is 4.61. The molecule has 0 fully saturated rings. The number of aromatic nitrogens is 2. The molecule has 0 amide bonds. The lowest BCUT2D eigenvalue weighted by atomic mass is 10.1. The van der Waals surface area contributed by atoms with Crippen molar-refractivity contribution in [1.82, 2.24) is 10.2 Å². The lowest BCUT2D eigenvalue weighted by molar-refractivity contribution is 0.974. The molecular formula is C11H10ClIN2. The first-order valence-corrected chi connectivity index (χ1v) is 6.23. The maximum absolute atomic E-state index is 5.68. The van der Waals surface area contributed by atoms with Crippen LogP contribution in [0, 0.1) is 3.57 Å². The van der Waals surface area contributed by atoms with E-state index in [-0.39, 0.29) is 0 Å². The Bertz CT molecular complexity index is 453. The Morgan fingerprint density at radius 2 is 2.20 bits per heavy atom. The van der Waals surface area contributed by atoms with E-state index in [4.69, 9.17) is 11.6 Å². The van der Waals surface area contributed by atoms with E-state index >= 15 is 0 Å². The van der Waals surface area contributed by atoms with Crippen molar-refractivity contribution in [3.05, 3.63) is 50.9 Å². The summed E-state index contributed by atoms with van der Waals surface area (Å²) in [7, 11) is 0. The molecule has 0 aliphatic heterocycles. The molecule has 78 valence electrons. The zero-order chi connectivity index (χ0) is 10.7. The summed E-state index contributed by atoms with van der Waals surface area (Å²) in [5, 5.41) is 7.08. The third-order valence-corrected chi connectivity index (χ3v) is 3.05. The summed E-state index contributed by atoms with van der Waals surface area (Å²) in [5.74, 6) is 0.461. The second-order valence-corrected chi connectivity index (χ2v) is 4.84. The van der Waals surface area contributed by atoms with Gasteiger partial charge in [0.05, 0.1) is 11.6 Å². The number of alkyl halides is 1. The van der Waals surface area contributed by atoms with E-state index in [1.807, 2.05) is 6.07 Å². The van der Waals surface area contributed by atoms with Gasteiger partial charge in [-0.3, -0.25) is 5.10 Å². The van der Waals surface area contributed by atoms with Crippen LogP contribution in [0.4, 0.5) is 0 Å². The average Bonchev–Trinajstić information content (AvgIpc) is 2.65. The minimum Gasteiger partial charge on any atom is -0.282 e. The highest BCUT2D eigenvalue weighted by atomic mass is 127. The van der Waals surface area contributed by atoms with Crippen molar-refractivity contribution in [2.45, 2.75) is 12.3 Å². The number of halogens is 2. The molecular weight excluding hydrogens is 322 g/mol. The minimum atomic E-state index is 0.461. The van der Waals surface area contributed by atoms with E-state index in [0.29, 0.717) is 5.88 Å². The zero-order valence-electron chi connectivity index (χ0n) is 8.00. The number of nitrogens with one attached hydrogen (secondary N) is 1. The standard InChI is InChI=1S/C11H10ClIN2/c12-7-11-6-10(14-15-11)5-8-2-1-3-9(13)4-8/h1-4,6H,5,7H2,(H,14,15). The maximum atomic E-state index is 5.68. The van der Waals surface area contributed by atoms with E-state index in [1.165, 1.54) is 9.13 Å². The number of nitrogens with zero attached hydrogens (tertiary/aromatic N) is 1. The smallest absolute Gasteiger partial charge is 0.0772 e. The number of H-pyrrole nitrogens is 1. The molecule has 0 spiro atoms. The first-order chi connectivity index (χ1) is 7.28. The lowest BCUT2D eigenvalue weighted by Crippen LogP contribution is -1.88. The van der Waals surface area contributed by atoms with Crippen molar-refractivity contribution < 1.29 is 0 Å². The zero-order valence-corrected chi connectivity index (χ0v) is 10.9. The molecule has 2 aromatic rings. The van der Waals surface area contributed by atoms with Crippen molar-refractivity contribution in [2.75, 3.05) is 0 Å². The fraction of sp³-hybridized carbons (Fsp3) is 0.182. The first kappa shape index (κ1) is 11.0. The van der Waals surface area contributed by atoms with Crippen LogP contribution in [0.25, 0.3) is 0 Å². The summed E-state index contributed by atoms with van der Waals surface area (Å²) in [6.07, 6.45) is 0.876. The van der Waals surface area contributed by atoms with Gasteiger partial charge in [0.1, 0.15) is 0 Å². The van der Waals surface area contributed by atoms with Crippen molar-refractivity contribution >= 4 is 34.2 Å². The quantitative estimate of drug-likeness (QED) is 0.678. The summed E-state index contributed by atoms with van der Waals surface area (Å²) >= 11 is 8.00. The van der Waals surface area contributed by atoms with Crippen LogP contribution >= 0.6 is 34.2 Å². The summed E-state index contributed by atoms with van der Waals surface area (Å²) in [6.45, 7) is 0. The van der Waals surface area contributed by atoms with Crippen LogP contribution in [0.2, 0.25) is 0 Å². The normalized spacial score (nSPS) is 10.5. The molecule has 0 bridgehead atoms.